The Morgan fingerprint density at radius 2 is 1.16 bits per heavy atom. The molecule has 0 N–H and O–H groups in total. The molecule has 1 aromatic heterocycles. The Morgan fingerprint density at radius 1 is 0.842 bits per heavy atom. The molecule has 0 spiro atoms. The van der Waals surface area contributed by atoms with Gasteiger partial charge in [0.2, 0.25) is 11.5 Å². The molecule has 0 aliphatic heterocycles. The highest BCUT2D eigenvalue weighted by molar-refractivity contribution is 5.78. The monoisotopic (exact) mass is 268 g/mol. The van der Waals surface area contributed by atoms with Crippen molar-refractivity contribution >= 4 is 11.9 Å². The van der Waals surface area contributed by atoms with Gasteiger partial charge in [-0.1, -0.05) is 27.7 Å². The summed E-state index contributed by atoms with van der Waals surface area (Å²) < 4.78 is 15.8. The molecule has 1 aromatic rings. The summed E-state index contributed by atoms with van der Waals surface area (Å²) in [5.74, 6) is -0.144. The smallest absolute Gasteiger partial charge is 0.314 e. The maximum absolute atomic E-state index is 11.6. The van der Waals surface area contributed by atoms with E-state index >= 15 is 0 Å². The molecule has 0 unspecified atom stereocenters. The minimum atomic E-state index is -0.397. The Hall–Kier alpha value is -1.78. The summed E-state index contributed by atoms with van der Waals surface area (Å²) in [6.07, 6.45) is 0. The molecule has 1 rings (SSSR count). The summed E-state index contributed by atoms with van der Waals surface area (Å²) >= 11 is 0. The highest BCUT2D eigenvalue weighted by Crippen LogP contribution is 2.38. The van der Waals surface area contributed by atoms with Crippen molar-refractivity contribution in [1.29, 1.82) is 0 Å². The van der Waals surface area contributed by atoms with E-state index in [1.807, 2.05) is 0 Å². The van der Waals surface area contributed by atoms with E-state index in [2.05, 4.69) is 0 Å². The number of esters is 2. The SMILES string of the molecule is Cc1oc(C)c(OC(=O)C(C)C)c1OC(=O)C(C)C. The van der Waals surface area contributed by atoms with Gasteiger partial charge < -0.3 is 13.9 Å². The zero-order chi connectivity index (χ0) is 14.7. The molecular formula is C14H20O5. The predicted octanol–water partition coefficient (Wildman–Crippen LogP) is 3.02. The minimum Gasteiger partial charge on any atom is -0.459 e. The van der Waals surface area contributed by atoms with Gasteiger partial charge in [0.05, 0.1) is 11.8 Å². The van der Waals surface area contributed by atoms with Gasteiger partial charge in [0.25, 0.3) is 0 Å². The Morgan fingerprint density at radius 3 is 1.42 bits per heavy atom. The lowest BCUT2D eigenvalue weighted by molar-refractivity contribution is -0.140. The van der Waals surface area contributed by atoms with Crippen molar-refractivity contribution in [2.75, 3.05) is 0 Å². The summed E-state index contributed by atoms with van der Waals surface area (Å²) in [6.45, 7) is 10.2. The first kappa shape index (κ1) is 15.3. The Balaban J connectivity index is 3.04. The van der Waals surface area contributed by atoms with Crippen LogP contribution in [0, 0.1) is 25.7 Å². The number of aryl methyl sites for hydroxylation is 2. The average Bonchev–Trinajstić information content (AvgIpc) is 2.55. The fraction of sp³-hybridized carbons (Fsp3) is 0.571. The van der Waals surface area contributed by atoms with Crippen LogP contribution in [0.15, 0.2) is 4.42 Å². The lowest BCUT2D eigenvalue weighted by Crippen LogP contribution is -2.18. The molecule has 0 amide bonds. The van der Waals surface area contributed by atoms with E-state index < -0.39 is 11.9 Å². The highest BCUT2D eigenvalue weighted by atomic mass is 16.6. The fourth-order valence-corrected chi connectivity index (χ4v) is 1.32. The van der Waals surface area contributed by atoms with Crippen LogP contribution in [-0.2, 0) is 9.59 Å². The second-order valence-corrected chi connectivity index (χ2v) is 5.02. The normalized spacial score (nSPS) is 10.9. The van der Waals surface area contributed by atoms with E-state index in [4.69, 9.17) is 13.9 Å². The third-order valence-corrected chi connectivity index (χ3v) is 2.50. The summed E-state index contributed by atoms with van der Waals surface area (Å²) in [5, 5.41) is 0. The number of carbonyl (C=O) groups is 2. The quantitative estimate of drug-likeness (QED) is 0.785. The molecule has 0 aromatic carbocycles. The van der Waals surface area contributed by atoms with Crippen molar-refractivity contribution in [3.63, 3.8) is 0 Å². The molecule has 19 heavy (non-hydrogen) atoms. The molecule has 5 heteroatoms. The van der Waals surface area contributed by atoms with Crippen molar-refractivity contribution < 1.29 is 23.5 Å². The summed E-state index contributed by atoms with van der Waals surface area (Å²) in [5.41, 5.74) is 0. The molecule has 1 heterocycles. The third-order valence-electron chi connectivity index (χ3n) is 2.50. The topological polar surface area (TPSA) is 65.7 Å². The largest absolute Gasteiger partial charge is 0.459 e. The van der Waals surface area contributed by atoms with Crippen LogP contribution in [0.1, 0.15) is 39.2 Å². The number of rotatable bonds is 4. The zero-order valence-corrected chi connectivity index (χ0v) is 12.2. The lowest BCUT2D eigenvalue weighted by Gasteiger charge is -2.09. The molecule has 5 nitrogen and oxygen atoms in total. The van der Waals surface area contributed by atoms with Crippen molar-refractivity contribution in [3.8, 4) is 11.5 Å². The molecule has 0 fully saturated rings. The van der Waals surface area contributed by atoms with Crippen LogP contribution >= 0.6 is 0 Å². The fourth-order valence-electron chi connectivity index (χ4n) is 1.32. The molecule has 0 saturated carbocycles. The molecule has 0 atom stereocenters. The van der Waals surface area contributed by atoms with Crippen molar-refractivity contribution in [3.05, 3.63) is 11.5 Å². The molecule has 106 valence electrons. The Bertz CT molecular complexity index is 440. The van der Waals surface area contributed by atoms with Crippen LogP contribution in [-0.4, -0.2) is 11.9 Å². The number of ether oxygens (including phenoxy) is 2. The second-order valence-electron chi connectivity index (χ2n) is 5.02. The average molecular weight is 268 g/mol. The first-order valence-corrected chi connectivity index (χ1v) is 6.27. The van der Waals surface area contributed by atoms with Gasteiger partial charge >= 0.3 is 11.9 Å². The van der Waals surface area contributed by atoms with Gasteiger partial charge in [0, 0.05) is 0 Å². The number of furan rings is 1. The number of hydrogen-bond donors (Lipinski definition) is 0. The predicted molar refractivity (Wildman–Crippen MR) is 69.1 cm³/mol. The van der Waals surface area contributed by atoms with Gasteiger partial charge in [-0.3, -0.25) is 9.59 Å². The third kappa shape index (κ3) is 3.59. The second kappa shape index (κ2) is 5.91. The van der Waals surface area contributed by atoms with Crippen LogP contribution in [0.5, 0.6) is 11.5 Å². The molecule has 0 saturated heterocycles. The van der Waals surface area contributed by atoms with E-state index in [9.17, 15) is 9.59 Å². The lowest BCUT2D eigenvalue weighted by atomic mass is 10.2. The van der Waals surface area contributed by atoms with Crippen molar-refractivity contribution in [2.24, 2.45) is 11.8 Å². The number of carbonyl (C=O) groups excluding carboxylic acids is 2. The molecule has 0 bridgehead atoms. The van der Waals surface area contributed by atoms with Crippen LogP contribution in [0.3, 0.4) is 0 Å². The summed E-state index contributed by atoms with van der Waals surface area (Å²) in [6, 6.07) is 0. The van der Waals surface area contributed by atoms with Crippen molar-refractivity contribution in [2.45, 2.75) is 41.5 Å². The molecular weight excluding hydrogens is 248 g/mol. The first-order valence-electron chi connectivity index (χ1n) is 6.27. The van der Waals surface area contributed by atoms with Crippen LogP contribution < -0.4 is 9.47 Å². The van der Waals surface area contributed by atoms with Gasteiger partial charge in [-0.15, -0.1) is 0 Å². The van der Waals surface area contributed by atoms with Gasteiger partial charge in [-0.2, -0.15) is 0 Å². The van der Waals surface area contributed by atoms with Gasteiger partial charge in [-0.25, -0.2) is 0 Å². The highest BCUT2D eigenvalue weighted by Gasteiger charge is 2.25. The molecule has 0 radical (unpaired) electrons. The number of hydrogen-bond acceptors (Lipinski definition) is 5. The van der Waals surface area contributed by atoms with E-state index in [0.29, 0.717) is 11.5 Å². The van der Waals surface area contributed by atoms with E-state index in [1.54, 1.807) is 41.5 Å². The van der Waals surface area contributed by atoms with E-state index in [1.165, 1.54) is 0 Å². The van der Waals surface area contributed by atoms with Crippen LogP contribution in [0.25, 0.3) is 0 Å². The Labute approximate surface area is 112 Å². The minimum absolute atomic E-state index is 0.185. The summed E-state index contributed by atoms with van der Waals surface area (Å²) in [7, 11) is 0. The Kier molecular flexibility index (Phi) is 4.75. The maximum atomic E-state index is 11.6. The zero-order valence-electron chi connectivity index (χ0n) is 12.2. The van der Waals surface area contributed by atoms with E-state index in [0.717, 1.165) is 0 Å². The van der Waals surface area contributed by atoms with Crippen LogP contribution in [0.4, 0.5) is 0 Å². The molecule has 0 aliphatic carbocycles. The summed E-state index contributed by atoms with van der Waals surface area (Å²) in [4.78, 5) is 23.3. The van der Waals surface area contributed by atoms with Gasteiger partial charge in [0.15, 0.2) is 0 Å². The van der Waals surface area contributed by atoms with E-state index in [-0.39, 0.29) is 23.3 Å². The van der Waals surface area contributed by atoms with Crippen LogP contribution in [0.2, 0.25) is 0 Å². The molecule has 0 aliphatic rings. The standard InChI is InChI=1S/C14H20O5/c1-7(2)13(15)18-11-9(5)17-10(6)12(11)19-14(16)8(3)4/h7-8H,1-6H3. The maximum Gasteiger partial charge on any atom is 0.314 e. The van der Waals surface area contributed by atoms with Crippen molar-refractivity contribution in [1.82, 2.24) is 0 Å². The van der Waals surface area contributed by atoms with Gasteiger partial charge in [0.1, 0.15) is 11.5 Å². The first-order chi connectivity index (χ1) is 8.73. The van der Waals surface area contributed by atoms with Gasteiger partial charge in [-0.05, 0) is 13.8 Å².